The molecule has 2 fully saturated rings. The maximum absolute atomic E-state index is 12.5. The van der Waals surface area contributed by atoms with Gasteiger partial charge >= 0.3 is 0 Å². The molecule has 2 amide bonds. The molecule has 0 aromatic carbocycles. The number of rotatable bonds is 2. The van der Waals surface area contributed by atoms with E-state index in [1.807, 2.05) is 0 Å². The van der Waals surface area contributed by atoms with Crippen LogP contribution >= 0.6 is 0 Å². The minimum atomic E-state index is -0.215. The van der Waals surface area contributed by atoms with Crippen LogP contribution in [0.2, 0.25) is 0 Å². The highest BCUT2D eigenvalue weighted by molar-refractivity contribution is 5.96. The van der Waals surface area contributed by atoms with Crippen molar-refractivity contribution in [1.29, 1.82) is 0 Å². The van der Waals surface area contributed by atoms with Crippen molar-refractivity contribution in [3.63, 3.8) is 0 Å². The van der Waals surface area contributed by atoms with E-state index in [0.29, 0.717) is 18.8 Å². The van der Waals surface area contributed by atoms with E-state index in [4.69, 9.17) is 0 Å². The van der Waals surface area contributed by atoms with Gasteiger partial charge < -0.3 is 20.0 Å². The van der Waals surface area contributed by atoms with Crippen LogP contribution in [-0.4, -0.2) is 84.4 Å². The predicted octanol–water partition coefficient (Wildman–Crippen LogP) is -1.20. The summed E-state index contributed by atoms with van der Waals surface area (Å²) in [6, 6.07) is 1.72. The number of carbonyl (C=O) groups excluding carboxylic acids is 2. The molecule has 2 saturated heterocycles. The molecule has 1 aromatic rings. The largest absolute Gasteiger partial charge is 0.354 e. The third kappa shape index (κ3) is 3.16. The van der Waals surface area contributed by atoms with Gasteiger partial charge in [0.25, 0.3) is 5.91 Å². The molecule has 22 heavy (non-hydrogen) atoms. The summed E-state index contributed by atoms with van der Waals surface area (Å²) >= 11 is 0. The van der Waals surface area contributed by atoms with Crippen molar-refractivity contribution in [3.8, 4) is 0 Å². The first-order chi connectivity index (χ1) is 10.6. The van der Waals surface area contributed by atoms with Gasteiger partial charge in [-0.2, -0.15) is 0 Å². The Balaban J connectivity index is 1.73. The van der Waals surface area contributed by atoms with E-state index in [1.54, 1.807) is 6.07 Å². The number of nitrogens with one attached hydrogen (secondary N) is 1. The van der Waals surface area contributed by atoms with Crippen LogP contribution in [0.1, 0.15) is 10.5 Å². The number of likely N-dealkylation sites (N-methyl/N-ethyl adjacent to an activating group) is 1. The zero-order chi connectivity index (χ0) is 15.5. The highest BCUT2D eigenvalue weighted by Crippen LogP contribution is 2.14. The van der Waals surface area contributed by atoms with E-state index in [9.17, 15) is 9.59 Å². The zero-order valence-corrected chi connectivity index (χ0v) is 12.7. The minimum Gasteiger partial charge on any atom is -0.354 e. The second-order valence-corrected chi connectivity index (χ2v) is 5.63. The first-order valence-corrected chi connectivity index (χ1v) is 7.45. The Kier molecular flexibility index (Phi) is 4.19. The molecular formula is C14H20N6O2. The van der Waals surface area contributed by atoms with Crippen molar-refractivity contribution in [2.45, 2.75) is 0 Å². The van der Waals surface area contributed by atoms with Crippen LogP contribution in [0, 0.1) is 0 Å². The molecule has 8 nitrogen and oxygen atoms in total. The van der Waals surface area contributed by atoms with E-state index >= 15 is 0 Å². The maximum Gasteiger partial charge on any atom is 0.273 e. The highest BCUT2D eigenvalue weighted by atomic mass is 16.2. The van der Waals surface area contributed by atoms with Crippen LogP contribution in [0.4, 0.5) is 5.82 Å². The molecule has 2 aliphatic heterocycles. The Bertz CT molecular complexity index is 570. The second kappa shape index (κ2) is 6.27. The number of amides is 2. The number of hydrogen-bond acceptors (Lipinski definition) is 6. The second-order valence-electron chi connectivity index (χ2n) is 5.63. The molecule has 1 N–H and O–H groups in total. The first kappa shape index (κ1) is 14.7. The quantitative estimate of drug-likeness (QED) is 0.739. The molecule has 118 valence electrons. The molecule has 0 spiro atoms. The lowest BCUT2D eigenvalue weighted by Crippen LogP contribution is -2.50. The zero-order valence-electron chi connectivity index (χ0n) is 12.7. The van der Waals surface area contributed by atoms with Crippen LogP contribution in [0.15, 0.2) is 12.4 Å². The van der Waals surface area contributed by atoms with Gasteiger partial charge in [0.05, 0.1) is 6.54 Å². The molecule has 8 heteroatoms. The van der Waals surface area contributed by atoms with Gasteiger partial charge in [0.2, 0.25) is 5.91 Å². The van der Waals surface area contributed by atoms with Crippen molar-refractivity contribution < 1.29 is 9.59 Å². The number of aromatic nitrogens is 2. The Morgan fingerprint density at radius 2 is 1.95 bits per heavy atom. The lowest BCUT2D eigenvalue weighted by molar-refractivity contribution is -0.123. The number of piperazine rings is 2. The molecule has 2 aliphatic rings. The van der Waals surface area contributed by atoms with Crippen LogP contribution in [0.5, 0.6) is 0 Å². The van der Waals surface area contributed by atoms with Crippen molar-refractivity contribution in [2.24, 2.45) is 0 Å². The summed E-state index contributed by atoms with van der Waals surface area (Å²) in [5.41, 5.74) is 0.346. The summed E-state index contributed by atoms with van der Waals surface area (Å²) in [6.45, 7) is 4.80. The standard InChI is InChI=1S/C14H20N6O2/c1-18-4-6-19(7-5-18)12-8-11(16-10-17-12)14(22)20-3-2-15-13(21)9-20/h8,10H,2-7,9H2,1H3,(H,15,21). The molecule has 0 bridgehead atoms. The smallest absolute Gasteiger partial charge is 0.273 e. The van der Waals surface area contributed by atoms with E-state index in [-0.39, 0.29) is 18.4 Å². The molecule has 0 saturated carbocycles. The Morgan fingerprint density at radius 1 is 1.18 bits per heavy atom. The number of nitrogens with zero attached hydrogens (tertiary/aromatic N) is 5. The van der Waals surface area contributed by atoms with Gasteiger partial charge in [-0.25, -0.2) is 9.97 Å². The van der Waals surface area contributed by atoms with Crippen LogP contribution in [-0.2, 0) is 4.79 Å². The van der Waals surface area contributed by atoms with E-state index in [2.05, 4.69) is 32.1 Å². The highest BCUT2D eigenvalue weighted by Gasteiger charge is 2.24. The molecule has 0 aliphatic carbocycles. The third-order valence-corrected chi connectivity index (χ3v) is 4.02. The Hall–Kier alpha value is -2.22. The SMILES string of the molecule is CN1CCN(c2cc(C(=O)N3CCNC(=O)C3)ncn2)CC1. The molecule has 1 aromatic heterocycles. The first-order valence-electron chi connectivity index (χ1n) is 7.45. The van der Waals surface area contributed by atoms with E-state index in [0.717, 1.165) is 32.0 Å². The average molecular weight is 304 g/mol. The van der Waals surface area contributed by atoms with Gasteiger partial charge in [-0.3, -0.25) is 9.59 Å². The maximum atomic E-state index is 12.5. The normalized spacial score (nSPS) is 20.0. The van der Waals surface area contributed by atoms with Gasteiger partial charge in [-0.05, 0) is 7.05 Å². The van der Waals surface area contributed by atoms with Crippen molar-refractivity contribution in [3.05, 3.63) is 18.1 Å². The topological polar surface area (TPSA) is 81.7 Å². The van der Waals surface area contributed by atoms with Crippen molar-refractivity contribution in [1.82, 2.24) is 25.1 Å². The van der Waals surface area contributed by atoms with Gasteiger partial charge in [-0.15, -0.1) is 0 Å². The van der Waals surface area contributed by atoms with Crippen LogP contribution < -0.4 is 10.2 Å². The van der Waals surface area contributed by atoms with Crippen LogP contribution in [0.25, 0.3) is 0 Å². The Labute approximate surface area is 129 Å². The van der Waals surface area contributed by atoms with Crippen molar-refractivity contribution >= 4 is 17.6 Å². The summed E-state index contributed by atoms with van der Waals surface area (Å²) in [4.78, 5) is 38.2. The fraction of sp³-hybridized carbons (Fsp3) is 0.571. The third-order valence-electron chi connectivity index (χ3n) is 4.02. The lowest BCUT2D eigenvalue weighted by Gasteiger charge is -2.33. The van der Waals surface area contributed by atoms with Gasteiger partial charge in [0.15, 0.2) is 0 Å². The summed E-state index contributed by atoms with van der Waals surface area (Å²) in [6.07, 6.45) is 1.42. The monoisotopic (exact) mass is 304 g/mol. The van der Waals surface area contributed by atoms with E-state index < -0.39 is 0 Å². The summed E-state index contributed by atoms with van der Waals surface area (Å²) in [5.74, 6) is 0.425. The molecule has 0 unspecified atom stereocenters. The van der Waals surface area contributed by atoms with Crippen molar-refractivity contribution in [2.75, 3.05) is 57.8 Å². The summed E-state index contributed by atoms with van der Waals surface area (Å²) < 4.78 is 0. The molecule has 3 heterocycles. The molecule has 0 atom stereocenters. The number of hydrogen-bond donors (Lipinski definition) is 1. The number of carbonyl (C=O) groups is 2. The summed E-state index contributed by atoms with van der Waals surface area (Å²) in [5, 5.41) is 2.71. The number of anilines is 1. The molecular weight excluding hydrogens is 284 g/mol. The van der Waals surface area contributed by atoms with Gasteiger partial charge in [0, 0.05) is 45.3 Å². The fourth-order valence-corrected chi connectivity index (χ4v) is 2.65. The van der Waals surface area contributed by atoms with Gasteiger partial charge in [-0.1, -0.05) is 0 Å². The molecule has 0 radical (unpaired) electrons. The minimum absolute atomic E-state index is 0.0900. The van der Waals surface area contributed by atoms with E-state index in [1.165, 1.54) is 11.2 Å². The lowest BCUT2D eigenvalue weighted by atomic mass is 10.2. The molecule has 3 rings (SSSR count). The van der Waals surface area contributed by atoms with Crippen LogP contribution in [0.3, 0.4) is 0 Å². The average Bonchev–Trinajstić information content (AvgIpc) is 2.55. The fourth-order valence-electron chi connectivity index (χ4n) is 2.65. The Morgan fingerprint density at radius 3 is 2.68 bits per heavy atom. The predicted molar refractivity (Wildman–Crippen MR) is 80.7 cm³/mol. The summed E-state index contributed by atoms with van der Waals surface area (Å²) in [7, 11) is 2.09. The van der Waals surface area contributed by atoms with Gasteiger partial charge in [0.1, 0.15) is 17.8 Å².